The third kappa shape index (κ3) is 3.32. The summed E-state index contributed by atoms with van der Waals surface area (Å²) in [6.45, 7) is 3.07. The molecule has 26 heavy (non-hydrogen) atoms. The van der Waals surface area contributed by atoms with Gasteiger partial charge in [0.15, 0.2) is 5.58 Å². The number of aryl methyl sites for hydroxylation is 1. The highest BCUT2D eigenvalue weighted by atomic mass is 32.2. The molecule has 1 fully saturated rings. The van der Waals surface area contributed by atoms with Crippen molar-refractivity contribution in [1.82, 2.24) is 9.71 Å². The Hall–Kier alpha value is -2.38. The van der Waals surface area contributed by atoms with Crippen molar-refractivity contribution in [2.75, 3.05) is 18.0 Å². The molecule has 6 nitrogen and oxygen atoms in total. The molecule has 7 heteroatoms. The number of oxazole rings is 1. The third-order valence-corrected chi connectivity index (χ3v) is 6.19. The number of sulfonamides is 1. The first-order valence-electron chi connectivity index (χ1n) is 8.71. The first kappa shape index (κ1) is 17.1. The molecular formula is C19H21N3O3S. The molecule has 1 atom stereocenters. The van der Waals surface area contributed by atoms with Gasteiger partial charge < -0.3 is 9.32 Å². The molecule has 1 N–H and O–H groups in total. The van der Waals surface area contributed by atoms with Gasteiger partial charge in [0.2, 0.25) is 10.0 Å². The number of para-hydroxylation sites is 2. The second-order valence-electron chi connectivity index (χ2n) is 6.62. The van der Waals surface area contributed by atoms with Crippen LogP contribution in [0.25, 0.3) is 11.1 Å². The van der Waals surface area contributed by atoms with Crippen molar-refractivity contribution in [3.05, 3.63) is 54.1 Å². The van der Waals surface area contributed by atoms with Crippen LogP contribution in [-0.2, 0) is 10.0 Å². The molecule has 0 aliphatic carbocycles. The third-order valence-electron chi connectivity index (χ3n) is 4.75. The number of rotatable bonds is 5. The molecule has 4 rings (SSSR count). The van der Waals surface area contributed by atoms with Crippen molar-refractivity contribution in [2.24, 2.45) is 0 Å². The van der Waals surface area contributed by atoms with Gasteiger partial charge in [0.1, 0.15) is 5.52 Å². The fraction of sp³-hybridized carbons (Fsp3) is 0.316. The van der Waals surface area contributed by atoms with E-state index in [-0.39, 0.29) is 10.9 Å². The number of anilines is 1. The van der Waals surface area contributed by atoms with E-state index in [9.17, 15) is 8.42 Å². The SMILES string of the molecule is Cc1ccc(S(=O)(=O)NCC2CCCN2c2nc3ccccc3o2)cc1. The standard InChI is InChI=1S/C19H21N3O3S/c1-14-8-10-16(11-9-14)26(23,24)20-13-15-5-4-12-22(15)19-21-17-6-2-3-7-18(17)25-19/h2-3,6-11,15,20H,4-5,12-13H2,1H3. The van der Waals surface area contributed by atoms with E-state index in [0.717, 1.165) is 36.0 Å². The number of aromatic nitrogens is 1. The molecule has 1 aliphatic rings. The van der Waals surface area contributed by atoms with Crippen molar-refractivity contribution in [2.45, 2.75) is 30.7 Å². The minimum absolute atomic E-state index is 0.0308. The molecule has 0 spiro atoms. The predicted octanol–water partition coefficient (Wildman–Crippen LogP) is 3.08. The van der Waals surface area contributed by atoms with Crippen molar-refractivity contribution in [1.29, 1.82) is 0 Å². The van der Waals surface area contributed by atoms with Crippen LogP contribution in [-0.4, -0.2) is 32.5 Å². The maximum atomic E-state index is 12.5. The van der Waals surface area contributed by atoms with E-state index >= 15 is 0 Å². The van der Waals surface area contributed by atoms with Crippen LogP contribution in [0.1, 0.15) is 18.4 Å². The lowest BCUT2D eigenvalue weighted by Crippen LogP contribution is -2.40. The summed E-state index contributed by atoms with van der Waals surface area (Å²) >= 11 is 0. The second-order valence-corrected chi connectivity index (χ2v) is 8.39. The summed E-state index contributed by atoms with van der Waals surface area (Å²) in [6, 6.07) is 15.1. The Morgan fingerprint density at radius 1 is 1.19 bits per heavy atom. The van der Waals surface area contributed by atoms with Crippen LogP contribution in [0.4, 0.5) is 6.01 Å². The van der Waals surface area contributed by atoms with Crippen LogP contribution in [0.3, 0.4) is 0 Å². The lowest BCUT2D eigenvalue weighted by Gasteiger charge is -2.23. The highest BCUT2D eigenvalue weighted by Gasteiger charge is 2.29. The summed E-state index contributed by atoms with van der Waals surface area (Å²) < 4.78 is 33.6. The van der Waals surface area contributed by atoms with Gasteiger partial charge in [-0.25, -0.2) is 13.1 Å². The number of nitrogens with zero attached hydrogens (tertiary/aromatic N) is 2. The van der Waals surface area contributed by atoms with Crippen LogP contribution >= 0.6 is 0 Å². The lowest BCUT2D eigenvalue weighted by atomic mass is 10.2. The zero-order valence-corrected chi connectivity index (χ0v) is 15.4. The van der Waals surface area contributed by atoms with Crippen LogP contribution in [0, 0.1) is 6.92 Å². The monoisotopic (exact) mass is 371 g/mol. The summed E-state index contributed by atoms with van der Waals surface area (Å²) in [4.78, 5) is 6.88. The first-order chi connectivity index (χ1) is 12.5. The molecule has 1 aliphatic heterocycles. The quantitative estimate of drug-likeness (QED) is 0.746. The Bertz CT molecular complexity index is 979. The zero-order valence-electron chi connectivity index (χ0n) is 14.6. The molecule has 0 saturated carbocycles. The average molecular weight is 371 g/mol. The Labute approximate surface area is 152 Å². The number of nitrogens with one attached hydrogen (secondary N) is 1. The molecule has 1 saturated heterocycles. The van der Waals surface area contributed by atoms with Gasteiger partial charge in [0, 0.05) is 19.1 Å². The first-order valence-corrected chi connectivity index (χ1v) is 10.2. The van der Waals surface area contributed by atoms with Gasteiger partial charge >= 0.3 is 0 Å². The number of fused-ring (bicyclic) bond motifs is 1. The van der Waals surface area contributed by atoms with Crippen LogP contribution in [0.15, 0.2) is 57.8 Å². The van der Waals surface area contributed by atoms with E-state index in [1.807, 2.05) is 31.2 Å². The van der Waals surface area contributed by atoms with Gasteiger partial charge in [-0.2, -0.15) is 4.98 Å². The van der Waals surface area contributed by atoms with Gasteiger partial charge in [-0.05, 0) is 44.0 Å². The Balaban J connectivity index is 1.49. The Morgan fingerprint density at radius 3 is 2.73 bits per heavy atom. The fourth-order valence-corrected chi connectivity index (χ4v) is 4.36. The van der Waals surface area contributed by atoms with Gasteiger partial charge in [-0.15, -0.1) is 0 Å². The summed E-state index contributed by atoms with van der Waals surface area (Å²) in [5.74, 6) is 0. The van der Waals surface area contributed by atoms with Crippen molar-refractivity contribution in [3.8, 4) is 0 Å². The molecular weight excluding hydrogens is 350 g/mol. The second kappa shape index (κ2) is 6.74. The molecule has 0 bridgehead atoms. The van der Waals surface area contributed by atoms with Crippen molar-refractivity contribution in [3.63, 3.8) is 0 Å². The van der Waals surface area contributed by atoms with E-state index in [2.05, 4.69) is 14.6 Å². The smallest absolute Gasteiger partial charge is 0.298 e. The van der Waals surface area contributed by atoms with Gasteiger partial charge in [-0.3, -0.25) is 0 Å². The van der Waals surface area contributed by atoms with Crippen LogP contribution in [0.2, 0.25) is 0 Å². The number of hydrogen-bond donors (Lipinski definition) is 1. The molecule has 1 aromatic heterocycles. The average Bonchev–Trinajstić information content (AvgIpc) is 3.26. The van der Waals surface area contributed by atoms with E-state index in [1.165, 1.54) is 0 Å². The summed E-state index contributed by atoms with van der Waals surface area (Å²) in [7, 11) is -3.52. The van der Waals surface area contributed by atoms with E-state index < -0.39 is 10.0 Å². The summed E-state index contributed by atoms with van der Waals surface area (Å²) in [5.41, 5.74) is 2.59. The Kier molecular flexibility index (Phi) is 4.42. The highest BCUT2D eigenvalue weighted by Crippen LogP contribution is 2.28. The molecule has 2 aromatic carbocycles. The van der Waals surface area contributed by atoms with Crippen molar-refractivity contribution >= 4 is 27.1 Å². The minimum atomic E-state index is -3.52. The topological polar surface area (TPSA) is 75.4 Å². The Morgan fingerprint density at radius 2 is 1.96 bits per heavy atom. The van der Waals surface area contributed by atoms with E-state index in [4.69, 9.17) is 4.42 Å². The minimum Gasteiger partial charge on any atom is -0.423 e. The largest absolute Gasteiger partial charge is 0.423 e. The molecule has 0 radical (unpaired) electrons. The van der Waals surface area contributed by atoms with Gasteiger partial charge in [0.25, 0.3) is 6.01 Å². The molecule has 136 valence electrons. The van der Waals surface area contributed by atoms with Crippen molar-refractivity contribution < 1.29 is 12.8 Å². The number of benzene rings is 2. The van der Waals surface area contributed by atoms with E-state index in [1.54, 1.807) is 24.3 Å². The molecule has 2 heterocycles. The van der Waals surface area contributed by atoms with Crippen LogP contribution in [0.5, 0.6) is 0 Å². The fourth-order valence-electron chi connectivity index (χ4n) is 3.29. The summed E-state index contributed by atoms with van der Waals surface area (Å²) in [5, 5.41) is 0. The van der Waals surface area contributed by atoms with Crippen LogP contribution < -0.4 is 9.62 Å². The summed E-state index contributed by atoms with van der Waals surface area (Å²) in [6.07, 6.45) is 1.88. The predicted molar refractivity (Wildman–Crippen MR) is 101 cm³/mol. The maximum Gasteiger partial charge on any atom is 0.298 e. The highest BCUT2D eigenvalue weighted by molar-refractivity contribution is 7.89. The van der Waals surface area contributed by atoms with Gasteiger partial charge in [0.05, 0.1) is 4.90 Å². The normalized spacial score (nSPS) is 17.9. The molecule has 3 aromatic rings. The molecule has 0 amide bonds. The van der Waals surface area contributed by atoms with Gasteiger partial charge in [-0.1, -0.05) is 29.8 Å². The molecule has 1 unspecified atom stereocenters. The zero-order chi connectivity index (χ0) is 18.1. The maximum absolute atomic E-state index is 12.5. The van der Waals surface area contributed by atoms with E-state index in [0.29, 0.717) is 12.6 Å². The number of hydrogen-bond acceptors (Lipinski definition) is 5. The lowest BCUT2D eigenvalue weighted by molar-refractivity contribution is 0.534.